The molecule has 3 aromatic carbocycles. The summed E-state index contributed by atoms with van der Waals surface area (Å²) in [6, 6.07) is 10.2. The molecule has 3 aromatic rings. The maximum absolute atomic E-state index is 14.5. The number of methoxy groups -OCH3 is 1. The zero-order valence-electron chi connectivity index (χ0n) is 19.7. The van der Waals surface area contributed by atoms with Gasteiger partial charge in [0.15, 0.2) is 11.6 Å². The van der Waals surface area contributed by atoms with E-state index in [0.29, 0.717) is 0 Å². The molecule has 196 valence electrons. The smallest absolute Gasteiger partial charge is 0.264 e. The van der Waals surface area contributed by atoms with E-state index in [1.54, 1.807) is 0 Å². The fourth-order valence-corrected chi connectivity index (χ4v) is 5.34. The Morgan fingerprint density at radius 3 is 2.57 bits per heavy atom. The lowest BCUT2D eigenvalue weighted by atomic mass is 10.0. The van der Waals surface area contributed by atoms with Gasteiger partial charge in [-0.3, -0.25) is 9.10 Å². The number of amides is 1. The Balaban J connectivity index is 1.80. The van der Waals surface area contributed by atoms with Gasteiger partial charge in [0.1, 0.15) is 29.6 Å². The minimum atomic E-state index is -4.35. The molecular formula is C25H23F3N2O6S. The summed E-state index contributed by atoms with van der Waals surface area (Å²) in [5, 5.41) is 11.9. The monoisotopic (exact) mass is 536 g/mol. The number of aliphatic hydroxyl groups is 1. The Bertz CT molecular complexity index is 1450. The minimum Gasteiger partial charge on any atom is -0.494 e. The summed E-state index contributed by atoms with van der Waals surface area (Å²) in [7, 11) is -3.16. The van der Waals surface area contributed by atoms with Crippen molar-refractivity contribution >= 4 is 21.6 Å². The molecule has 0 saturated heterocycles. The minimum absolute atomic E-state index is 0.0301. The molecule has 0 radical (unpaired) electrons. The van der Waals surface area contributed by atoms with E-state index in [-0.39, 0.29) is 46.3 Å². The van der Waals surface area contributed by atoms with Crippen molar-refractivity contribution in [1.29, 1.82) is 0 Å². The molecule has 2 N–H and O–H groups in total. The SMILES string of the molecule is COc1cc(S(=O)(=O)N2C[C@H](CNC(=O)[C@H](C)O)Oc3ccc(-c4cc(F)ccc4F)cc32)ccc1F. The number of nitrogens with one attached hydrogen (secondary N) is 1. The van der Waals surface area contributed by atoms with Crippen LogP contribution in [0.4, 0.5) is 18.9 Å². The number of rotatable bonds is 7. The van der Waals surface area contributed by atoms with Gasteiger partial charge in [0.2, 0.25) is 5.91 Å². The Kier molecular flexibility index (Phi) is 7.32. The lowest BCUT2D eigenvalue weighted by Crippen LogP contribution is -2.49. The van der Waals surface area contributed by atoms with E-state index in [9.17, 15) is 31.5 Å². The Labute approximate surface area is 211 Å². The average molecular weight is 537 g/mol. The van der Waals surface area contributed by atoms with Crippen LogP contribution in [0.1, 0.15) is 6.92 Å². The molecule has 1 aliphatic heterocycles. The molecule has 37 heavy (non-hydrogen) atoms. The number of hydrogen-bond acceptors (Lipinski definition) is 6. The first kappa shape index (κ1) is 26.3. The van der Waals surface area contributed by atoms with Crippen LogP contribution in [0.3, 0.4) is 0 Å². The number of anilines is 1. The van der Waals surface area contributed by atoms with Gasteiger partial charge >= 0.3 is 0 Å². The van der Waals surface area contributed by atoms with Crippen LogP contribution in [-0.4, -0.2) is 51.8 Å². The highest BCUT2D eigenvalue weighted by Crippen LogP contribution is 2.40. The third kappa shape index (κ3) is 5.35. The zero-order chi connectivity index (χ0) is 26.9. The van der Waals surface area contributed by atoms with Crippen molar-refractivity contribution in [2.24, 2.45) is 0 Å². The quantitative estimate of drug-likeness (QED) is 0.481. The summed E-state index contributed by atoms with van der Waals surface area (Å²) in [6.07, 6.45) is -2.16. The molecule has 0 aliphatic carbocycles. The molecule has 4 rings (SSSR count). The molecule has 1 amide bonds. The first-order chi connectivity index (χ1) is 17.5. The Hall–Kier alpha value is -3.77. The van der Waals surface area contributed by atoms with E-state index in [0.717, 1.165) is 40.7 Å². The number of nitrogens with zero attached hydrogens (tertiary/aromatic N) is 1. The van der Waals surface area contributed by atoms with Crippen molar-refractivity contribution in [3.05, 3.63) is 72.0 Å². The second-order valence-electron chi connectivity index (χ2n) is 8.30. The molecule has 1 heterocycles. The summed E-state index contributed by atoms with van der Waals surface area (Å²) in [6.45, 7) is 0.852. The van der Waals surface area contributed by atoms with Crippen molar-refractivity contribution < 1.29 is 41.0 Å². The third-order valence-corrected chi connectivity index (χ3v) is 7.50. The maximum atomic E-state index is 14.5. The van der Waals surface area contributed by atoms with Crippen LogP contribution in [0.2, 0.25) is 0 Å². The largest absolute Gasteiger partial charge is 0.494 e. The number of fused-ring (bicyclic) bond motifs is 1. The van der Waals surface area contributed by atoms with E-state index in [1.165, 1.54) is 32.2 Å². The van der Waals surface area contributed by atoms with Gasteiger partial charge in [-0.15, -0.1) is 0 Å². The predicted molar refractivity (Wildman–Crippen MR) is 128 cm³/mol. The number of carbonyl (C=O) groups excluding carboxylic acids is 1. The van der Waals surface area contributed by atoms with Gasteiger partial charge in [0.05, 0.1) is 30.8 Å². The van der Waals surface area contributed by atoms with Crippen LogP contribution in [0, 0.1) is 17.5 Å². The van der Waals surface area contributed by atoms with E-state index < -0.39 is 45.6 Å². The molecule has 0 saturated carbocycles. The molecular weight excluding hydrogens is 513 g/mol. The number of benzene rings is 3. The topological polar surface area (TPSA) is 105 Å². The van der Waals surface area contributed by atoms with Crippen molar-refractivity contribution in [2.75, 3.05) is 24.5 Å². The van der Waals surface area contributed by atoms with E-state index in [4.69, 9.17) is 9.47 Å². The number of halogens is 3. The number of hydrogen-bond donors (Lipinski definition) is 2. The lowest BCUT2D eigenvalue weighted by Gasteiger charge is -2.36. The summed E-state index contributed by atoms with van der Waals surface area (Å²) >= 11 is 0. The number of aliphatic hydroxyl groups excluding tert-OH is 1. The number of carbonyl (C=O) groups is 1. The maximum Gasteiger partial charge on any atom is 0.264 e. The van der Waals surface area contributed by atoms with E-state index in [2.05, 4.69) is 5.32 Å². The first-order valence-electron chi connectivity index (χ1n) is 11.1. The number of sulfonamides is 1. The lowest BCUT2D eigenvalue weighted by molar-refractivity contribution is -0.128. The highest BCUT2D eigenvalue weighted by Gasteiger charge is 2.36. The molecule has 8 nitrogen and oxygen atoms in total. The van der Waals surface area contributed by atoms with Crippen LogP contribution in [0.15, 0.2) is 59.5 Å². The average Bonchev–Trinajstić information content (AvgIpc) is 2.87. The van der Waals surface area contributed by atoms with E-state index in [1.807, 2.05) is 0 Å². The van der Waals surface area contributed by atoms with Gasteiger partial charge in [0.25, 0.3) is 10.0 Å². The highest BCUT2D eigenvalue weighted by molar-refractivity contribution is 7.92. The van der Waals surface area contributed by atoms with Gasteiger partial charge in [0, 0.05) is 11.6 Å². The fourth-order valence-electron chi connectivity index (χ4n) is 3.82. The van der Waals surface area contributed by atoms with Gasteiger partial charge in [-0.2, -0.15) is 0 Å². The molecule has 0 unspecified atom stereocenters. The van der Waals surface area contributed by atoms with Gasteiger partial charge in [-0.25, -0.2) is 21.6 Å². The van der Waals surface area contributed by atoms with Crippen LogP contribution < -0.4 is 19.1 Å². The number of ether oxygens (including phenoxy) is 2. The van der Waals surface area contributed by atoms with Gasteiger partial charge < -0.3 is 19.9 Å². The van der Waals surface area contributed by atoms with Gasteiger partial charge in [-0.1, -0.05) is 6.07 Å². The van der Waals surface area contributed by atoms with E-state index >= 15 is 0 Å². The first-order valence-corrected chi connectivity index (χ1v) is 12.5. The van der Waals surface area contributed by atoms with Crippen LogP contribution in [0.5, 0.6) is 11.5 Å². The van der Waals surface area contributed by atoms with Gasteiger partial charge in [-0.05, 0) is 55.0 Å². The Morgan fingerprint density at radius 2 is 1.86 bits per heavy atom. The van der Waals surface area contributed by atoms with Crippen molar-refractivity contribution in [3.8, 4) is 22.6 Å². The second kappa shape index (κ2) is 10.3. The molecule has 0 aromatic heterocycles. The molecule has 0 fully saturated rings. The predicted octanol–water partition coefficient (Wildman–Crippen LogP) is 3.23. The van der Waals surface area contributed by atoms with Crippen LogP contribution >= 0.6 is 0 Å². The summed E-state index contributed by atoms with van der Waals surface area (Å²) in [4.78, 5) is 11.5. The molecule has 1 aliphatic rings. The summed E-state index contributed by atoms with van der Waals surface area (Å²) < 4.78 is 81.5. The van der Waals surface area contributed by atoms with Crippen LogP contribution in [-0.2, 0) is 14.8 Å². The summed E-state index contributed by atoms with van der Waals surface area (Å²) in [5.74, 6) is -3.02. The molecule has 12 heteroatoms. The highest BCUT2D eigenvalue weighted by atomic mass is 32.2. The van der Waals surface area contributed by atoms with Crippen molar-refractivity contribution in [2.45, 2.75) is 24.0 Å². The summed E-state index contributed by atoms with van der Waals surface area (Å²) in [5.41, 5.74) is 0.134. The Morgan fingerprint density at radius 1 is 1.14 bits per heavy atom. The van der Waals surface area contributed by atoms with Crippen molar-refractivity contribution in [3.63, 3.8) is 0 Å². The fraction of sp³-hybridized carbons (Fsp3) is 0.240. The molecule has 2 atom stereocenters. The standard InChI is InChI=1S/C25H23F3N2O6S/c1-14(31)25(32)29-12-17-13-30(37(33,34)18-5-7-21(28)24(11-18)35-2)22-9-15(3-8-23(22)36-17)19-10-16(26)4-6-20(19)27/h3-11,14,17,31H,12-13H2,1-2H3,(H,29,32)/t14-,17-/m0/s1. The van der Waals surface area contributed by atoms with Crippen LogP contribution in [0.25, 0.3) is 11.1 Å². The normalized spacial score (nSPS) is 15.9. The van der Waals surface area contributed by atoms with Crippen molar-refractivity contribution in [1.82, 2.24) is 5.32 Å². The zero-order valence-corrected chi connectivity index (χ0v) is 20.6. The second-order valence-corrected chi connectivity index (χ2v) is 10.2. The molecule has 0 spiro atoms. The molecule has 0 bridgehead atoms. The third-order valence-electron chi connectivity index (χ3n) is 5.72.